The van der Waals surface area contributed by atoms with Crippen LogP contribution in [0.3, 0.4) is 0 Å². The quantitative estimate of drug-likeness (QED) is 0.595. The van der Waals surface area contributed by atoms with Gasteiger partial charge >= 0.3 is 5.97 Å². The number of hydrogen-bond acceptors (Lipinski definition) is 2. The van der Waals surface area contributed by atoms with Crippen molar-refractivity contribution in [1.82, 2.24) is 0 Å². The average Bonchev–Trinajstić information content (AvgIpc) is 2.02. The monoisotopic (exact) mass is 173 g/mol. The molecule has 0 aliphatic rings. The molecule has 3 nitrogen and oxygen atoms in total. The number of ether oxygens (including phenoxy) is 1. The Balaban J connectivity index is 3.44. The molecular weight excluding hydrogens is 156 g/mol. The van der Waals surface area contributed by atoms with E-state index < -0.39 is 12.1 Å². The van der Waals surface area contributed by atoms with Gasteiger partial charge in [-0.3, -0.25) is 0 Å². The lowest BCUT2D eigenvalue weighted by Crippen LogP contribution is -2.21. The van der Waals surface area contributed by atoms with E-state index >= 15 is 0 Å². The molecule has 3 heteroatoms. The Hall–Kier alpha value is -0.570. The molecular formula is C9H17O3. The highest BCUT2D eigenvalue weighted by Crippen LogP contribution is 2.01. The highest BCUT2D eigenvalue weighted by Gasteiger charge is 2.15. The lowest BCUT2D eigenvalue weighted by Gasteiger charge is -2.08. The summed E-state index contributed by atoms with van der Waals surface area (Å²) in [7, 11) is 0. The van der Waals surface area contributed by atoms with Crippen molar-refractivity contribution in [2.45, 2.75) is 39.7 Å². The van der Waals surface area contributed by atoms with Crippen molar-refractivity contribution in [3.63, 3.8) is 0 Å². The molecule has 0 aromatic rings. The van der Waals surface area contributed by atoms with Crippen LogP contribution >= 0.6 is 0 Å². The predicted octanol–water partition coefficient (Wildman–Crippen LogP) is 1.78. The molecule has 0 heterocycles. The van der Waals surface area contributed by atoms with Gasteiger partial charge in [0, 0.05) is 0 Å². The molecule has 1 unspecified atom stereocenters. The molecule has 0 rings (SSSR count). The second kappa shape index (κ2) is 6.00. The number of esters is 1. The van der Waals surface area contributed by atoms with E-state index in [4.69, 9.17) is 4.74 Å². The summed E-state index contributed by atoms with van der Waals surface area (Å²) in [5.74, 6) is -0.109. The Morgan fingerprint density at radius 2 is 2.00 bits per heavy atom. The second-order valence-corrected chi connectivity index (χ2v) is 3.25. The zero-order valence-corrected chi connectivity index (χ0v) is 8.00. The van der Waals surface area contributed by atoms with Crippen molar-refractivity contribution in [3.05, 3.63) is 0 Å². The molecule has 0 saturated heterocycles. The smallest absolute Gasteiger partial charge is 0.338 e. The summed E-state index contributed by atoms with van der Waals surface area (Å²) in [6.07, 6.45) is -0.0694. The van der Waals surface area contributed by atoms with Gasteiger partial charge in [0.2, 0.25) is 0 Å². The molecule has 0 aromatic carbocycles. The van der Waals surface area contributed by atoms with Crippen LogP contribution in [0.15, 0.2) is 0 Å². The van der Waals surface area contributed by atoms with Gasteiger partial charge < -0.3 is 4.74 Å². The van der Waals surface area contributed by atoms with Crippen LogP contribution in [-0.2, 0) is 14.6 Å². The van der Waals surface area contributed by atoms with Gasteiger partial charge in [0.15, 0.2) is 6.10 Å². The SMILES string of the molecule is CCC([O])C(=O)OCCC(C)C. The lowest BCUT2D eigenvalue weighted by atomic mass is 10.1. The fraction of sp³-hybridized carbons (Fsp3) is 0.889. The molecule has 71 valence electrons. The minimum Gasteiger partial charge on any atom is -0.464 e. The maximum absolute atomic E-state index is 10.8. The highest BCUT2D eigenvalue weighted by atomic mass is 16.5. The first-order chi connectivity index (χ1) is 5.57. The second-order valence-electron chi connectivity index (χ2n) is 3.25. The Morgan fingerprint density at radius 1 is 1.42 bits per heavy atom. The third-order valence-electron chi connectivity index (χ3n) is 1.57. The van der Waals surface area contributed by atoms with Gasteiger partial charge in [-0.05, 0) is 18.8 Å². The van der Waals surface area contributed by atoms with E-state index in [1.54, 1.807) is 6.92 Å². The van der Waals surface area contributed by atoms with E-state index in [9.17, 15) is 9.90 Å². The van der Waals surface area contributed by atoms with Crippen LogP contribution < -0.4 is 0 Å². The van der Waals surface area contributed by atoms with Gasteiger partial charge in [0.1, 0.15) is 0 Å². The van der Waals surface area contributed by atoms with Crippen LogP contribution in [0.2, 0.25) is 0 Å². The first kappa shape index (κ1) is 11.4. The fourth-order valence-corrected chi connectivity index (χ4v) is 0.655. The van der Waals surface area contributed by atoms with Crippen LogP contribution in [-0.4, -0.2) is 18.7 Å². The van der Waals surface area contributed by atoms with Gasteiger partial charge in [-0.1, -0.05) is 20.8 Å². The van der Waals surface area contributed by atoms with Crippen LogP contribution in [0.1, 0.15) is 33.6 Å². The minimum atomic E-state index is -1.20. The van der Waals surface area contributed by atoms with Crippen molar-refractivity contribution in [3.8, 4) is 0 Å². The summed E-state index contributed by atoms with van der Waals surface area (Å²) >= 11 is 0. The van der Waals surface area contributed by atoms with E-state index in [1.807, 2.05) is 13.8 Å². The largest absolute Gasteiger partial charge is 0.464 e. The summed E-state index contributed by atoms with van der Waals surface area (Å²) < 4.78 is 4.75. The molecule has 0 fully saturated rings. The van der Waals surface area contributed by atoms with Crippen molar-refractivity contribution < 1.29 is 14.6 Å². The summed E-state index contributed by atoms with van der Waals surface area (Å²) in [6, 6.07) is 0. The molecule has 0 saturated carbocycles. The molecule has 0 N–H and O–H groups in total. The number of hydrogen-bond donors (Lipinski definition) is 0. The Bertz CT molecular complexity index is 132. The lowest BCUT2D eigenvalue weighted by molar-refractivity contribution is -0.157. The number of carbonyl (C=O) groups excluding carboxylic acids is 1. The van der Waals surface area contributed by atoms with Crippen LogP contribution in [0.5, 0.6) is 0 Å². The molecule has 0 aromatic heterocycles. The summed E-state index contributed by atoms with van der Waals surface area (Å²) in [5.41, 5.74) is 0. The topological polar surface area (TPSA) is 46.2 Å². The first-order valence-electron chi connectivity index (χ1n) is 4.40. The molecule has 0 spiro atoms. The predicted molar refractivity (Wildman–Crippen MR) is 45.2 cm³/mol. The molecule has 1 radical (unpaired) electrons. The molecule has 0 aliphatic carbocycles. The molecule has 0 bridgehead atoms. The Labute approximate surface area is 73.7 Å². The normalized spacial score (nSPS) is 13.1. The first-order valence-corrected chi connectivity index (χ1v) is 4.40. The van der Waals surface area contributed by atoms with Crippen molar-refractivity contribution in [2.75, 3.05) is 6.61 Å². The Kier molecular flexibility index (Phi) is 5.72. The van der Waals surface area contributed by atoms with Crippen molar-refractivity contribution in [1.29, 1.82) is 0 Å². The summed E-state index contributed by atoms with van der Waals surface area (Å²) in [4.78, 5) is 10.8. The Morgan fingerprint density at radius 3 is 2.42 bits per heavy atom. The molecule has 0 aliphatic heterocycles. The van der Waals surface area contributed by atoms with Gasteiger partial charge in [0.05, 0.1) is 6.61 Å². The van der Waals surface area contributed by atoms with Crippen LogP contribution in [0.25, 0.3) is 0 Å². The van der Waals surface area contributed by atoms with Gasteiger partial charge in [0.25, 0.3) is 0 Å². The van der Waals surface area contributed by atoms with Gasteiger partial charge in [-0.25, -0.2) is 9.90 Å². The summed E-state index contributed by atoms with van der Waals surface area (Å²) in [6.45, 7) is 6.14. The highest BCUT2D eigenvalue weighted by molar-refractivity contribution is 5.74. The van der Waals surface area contributed by atoms with E-state index in [0.29, 0.717) is 18.9 Å². The number of rotatable bonds is 5. The third-order valence-corrected chi connectivity index (χ3v) is 1.57. The van der Waals surface area contributed by atoms with Crippen LogP contribution in [0, 0.1) is 5.92 Å². The van der Waals surface area contributed by atoms with Gasteiger partial charge in [-0.2, -0.15) is 0 Å². The number of carbonyl (C=O) groups is 1. The van der Waals surface area contributed by atoms with Crippen molar-refractivity contribution >= 4 is 5.97 Å². The third kappa shape index (κ3) is 5.13. The molecule has 0 amide bonds. The fourth-order valence-electron chi connectivity index (χ4n) is 0.655. The maximum atomic E-state index is 10.8. The summed E-state index contributed by atoms with van der Waals surface area (Å²) in [5, 5.41) is 10.8. The average molecular weight is 173 g/mol. The van der Waals surface area contributed by atoms with E-state index in [0.717, 1.165) is 6.42 Å². The van der Waals surface area contributed by atoms with Crippen molar-refractivity contribution in [2.24, 2.45) is 5.92 Å². The molecule has 12 heavy (non-hydrogen) atoms. The van der Waals surface area contributed by atoms with E-state index in [1.165, 1.54) is 0 Å². The minimum absolute atomic E-state index is 0.306. The van der Waals surface area contributed by atoms with E-state index in [2.05, 4.69) is 0 Å². The maximum Gasteiger partial charge on any atom is 0.338 e. The zero-order valence-electron chi connectivity index (χ0n) is 8.00. The standard InChI is InChI=1S/C9H17O3/c1-4-8(10)9(11)12-6-5-7(2)3/h7-8H,4-6H2,1-3H3. The zero-order chi connectivity index (χ0) is 9.56. The van der Waals surface area contributed by atoms with Crippen LogP contribution in [0.4, 0.5) is 0 Å². The molecule has 1 atom stereocenters. The van der Waals surface area contributed by atoms with E-state index in [-0.39, 0.29) is 0 Å². The van der Waals surface area contributed by atoms with Gasteiger partial charge in [-0.15, -0.1) is 0 Å².